The number of hydrogen-bond acceptors (Lipinski definition) is 7. The van der Waals surface area contributed by atoms with Crippen LogP contribution in [0.3, 0.4) is 0 Å². The molecule has 126 valence electrons. The van der Waals surface area contributed by atoms with Gasteiger partial charge in [-0.25, -0.2) is 0 Å². The number of benzene rings is 1. The molecule has 0 unspecified atom stereocenters. The number of carbonyl (C=O) groups excluding carboxylic acids is 1. The third-order valence-corrected chi connectivity index (χ3v) is 5.56. The van der Waals surface area contributed by atoms with Crippen molar-refractivity contribution in [3.8, 4) is 6.07 Å². The number of thioether (sulfide) groups is 1. The zero-order valence-electron chi connectivity index (χ0n) is 14.0. The molecule has 1 N–H and O–H groups in total. The van der Waals surface area contributed by atoms with Gasteiger partial charge in [0.15, 0.2) is 4.34 Å². The zero-order valence-corrected chi connectivity index (χ0v) is 15.7. The van der Waals surface area contributed by atoms with E-state index in [1.165, 1.54) is 28.0 Å². The minimum absolute atomic E-state index is 0.116. The van der Waals surface area contributed by atoms with Gasteiger partial charge in [0.25, 0.3) is 0 Å². The lowest BCUT2D eigenvalue weighted by molar-refractivity contribution is -0.130. The monoisotopic (exact) mass is 361 g/mol. The van der Waals surface area contributed by atoms with Crippen LogP contribution in [-0.4, -0.2) is 39.3 Å². The second-order valence-corrected chi connectivity index (χ2v) is 7.93. The lowest BCUT2D eigenvalue weighted by atomic mass is 10.1. The van der Waals surface area contributed by atoms with Crippen molar-refractivity contribution < 1.29 is 4.79 Å². The molecule has 6 nitrogen and oxygen atoms in total. The number of nitrogens with one attached hydrogen (secondary N) is 1. The summed E-state index contributed by atoms with van der Waals surface area (Å²) in [5, 5.41) is 21.2. The van der Waals surface area contributed by atoms with E-state index in [1.54, 1.807) is 20.9 Å². The largest absolute Gasteiger partial charge is 0.330 e. The fraction of sp³-hybridized carbons (Fsp3) is 0.375. The molecule has 1 aromatic carbocycles. The van der Waals surface area contributed by atoms with E-state index >= 15 is 0 Å². The Hall–Kier alpha value is -2.11. The number of rotatable bonds is 6. The van der Waals surface area contributed by atoms with Crippen LogP contribution in [0.4, 0.5) is 10.8 Å². The van der Waals surface area contributed by atoms with Crippen LogP contribution in [0, 0.1) is 18.3 Å². The summed E-state index contributed by atoms with van der Waals surface area (Å²) in [5.74, 6) is 0.107. The summed E-state index contributed by atoms with van der Waals surface area (Å²) in [5.41, 5.74) is 1.28. The van der Waals surface area contributed by atoms with Gasteiger partial charge >= 0.3 is 0 Å². The Morgan fingerprint density at radius 1 is 1.42 bits per heavy atom. The second-order valence-electron chi connectivity index (χ2n) is 5.73. The van der Waals surface area contributed by atoms with Crippen molar-refractivity contribution in [3.63, 3.8) is 0 Å². The molecule has 0 aliphatic rings. The summed E-state index contributed by atoms with van der Waals surface area (Å²) in [6.45, 7) is 5.44. The first kappa shape index (κ1) is 18.2. The molecule has 0 saturated carbocycles. The summed E-state index contributed by atoms with van der Waals surface area (Å²) in [7, 11) is 1.64. The van der Waals surface area contributed by atoms with E-state index in [2.05, 4.69) is 21.6 Å². The maximum atomic E-state index is 12.2. The lowest BCUT2D eigenvalue weighted by Crippen LogP contribution is -2.44. The van der Waals surface area contributed by atoms with Crippen LogP contribution < -0.4 is 5.32 Å². The molecule has 24 heavy (non-hydrogen) atoms. The average Bonchev–Trinajstić information content (AvgIpc) is 3.01. The minimum atomic E-state index is -0.823. The first-order chi connectivity index (χ1) is 11.3. The van der Waals surface area contributed by atoms with Crippen LogP contribution in [0.1, 0.15) is 19.4 Å². The lowest BCUT2D eigenvalue weighted by Gasteiger charge is -2.28. The van der Waals surface area contributed by atoms with Crippen LogP contribution in [0.2, 0.25) is 0 Å². The van der Waals surface area contributed by atoms with E-state index in [1.807, 2.05) is 31.2 Å². The Kier molecular flexibility index (Phi) is 5.80. The summed E-state index contributed by atoms with van der Waals surface area (Å²) < 4.78 is 0.711. The highest BCUT2D eigenvalue weighted by molar-refractivity contribution is 8.01. The SMILES string of the molecule is Cc1ccccc1Nc1nnc(SCC(=O)N(C)C(C)(C)C#N)s1. The number of nitriles is 1. The molecule has 2 aromatic rings. The molecule has 8 heteroatoms. The molecular weight excluding hydrogens is 342 g/mol. The molecule has 0 fully saturated rings. The summed E-state index contributed by atoms with van der Waals surface area (Å²) in [4.78, 5) is 13.6. The van der Waals surface area contributed by atoms with E-state index < -0.39 is 5.54 Å². The standard InChI is InChI=1S/C16H19N5OS2/c1-11-7-5-6-8-12(11)18-14-19-20-15(24-14)23-9-13(22)21(4)16(2,3)10-17/h5-8H,9H2,1-4H3,(H,18,19). The molecule has 1 amide bonds. The van der Waals surface area contributed by atoms with E-state index in [0.29, 0.717) is 9.47 Å². The van der Waals surface area contributed by atoms with Gasteiger partial charge in [-0.2, -0.15) is 5.26 Å². The van der Waals surface area contributed by atoms with Crippen molar-refractivity contribution in [2.24, 2.45) is 0 Å². The number of nitrogens with zero attached hydrogens (tertiary/aromatic N) is 4. The molecule has 0 saturated heterocycles. The Balaban J connectivity index is 1.94. The molecule has 0 atom stereocenters. The second kappa shape index (κ2) is 7.64. The van der Waals surface area contributed by atoms with Gasteiger partial charge in [0, 0.05) is 12.7 Å². The molecule has 0 aliphatic heterocycles. The average molecular weight is 361 g/mol. The van der Waals surface area contributed by atoms with E-state index in [-0.39, 0.29) is 11.7 Å². The third kappa shape index (κ3) is 4.46. The van der Waals surface area contributed by atoms with E-state index in [0.717, 1.165) is 11.3 Å². The minimum Gasteiger partial charge on any atom is -0.330 e. The van der Waals surface area contributed by atoms with Gasteiger partial charge in [0.2, 0.25) is 11.0 Å². The Bertz CT molecular complexity index is 766. The van der Waals surface area contributed by atoms with Crippen molar-refractivity contribution in [2.45, 2.75) is 30.6 Å². The smallest absolute Gasteiger partial charge is 0.234 e. The fourth-order valence-electron chi connectivity index (χ4n) is 1.75. The quantitative estimate of drug-likeness (QED) is 0.794. The first-order valence-corrected chi connectivity index (χ1v) is 9.10. The van der Waals surface area contributed by atoms with Crippen LogP contribution in [0.15, 0.2) is 28.6 Å². The van der Waals surface area contributed by atoms with Crippen molar-refractivity contribution in [1.29, 1.82) is 5.26 Å². The Morgan fingerprint density at radius 3 is 2.79 bits per heavy atom. The number of aryl methyl sites for hydroxylation is 1. The molecular formula is C16H19N5OS2. The molecule has 2 rings (SSSR count). The highest BCUT2D eigenvalue weighted by Crippen LogP contribution is 2.29. The predicted octanol–water partition coefficient (Wildman–Crippen LogP) is 3.44. The number of hydrogen-bond donors (Lipinski definition) is 1. The van der Waals surface area contributed by atoms with E-state index in [9.17, 15) is 4.79 Å². The number of anilines is 2. The number of amides is 1. The maximum absolute atomic E-state index is 12.2. The van der Waals surface area contributed by atoms with Crippen LogP contribution in [-0.2, 0) is 4.79 Å². The van der Waals surface area contributed by atoms with Gasteiger partial charge in [0.1, 0.15) is 5.54 Å². The van der Waals surface area contributed by atoms with Gasteiger partial charge in [-0.1, -0.05) is 41.3 Å². The predicted molar refractivity (Wildman–Crippen MR) is 97.6 cm³/mol. The topological polar surface area (TPSA) is 81.9 Å². The van der Waals surface area contributed by atoms with Gasteiger partial charge in [-0.05, 0) is 32.4 Å². The first-order valence-electron chi connectivity index (χ1n) is 7.30. The maximum Gasteiger partial charge on any atom is 0.234 e. The number of aromatic nitrogens is 2. The molecule has 0 radical (unpaired) electrons. The van der Waals surface area contributed by atoms with Crippen LogP contribution in [0.25, 0.3) is 0 Å². The zero-order chi connectivity index (χ0) is 17.7. The Morgan fingerprint density at radius 2 is 2.12 bits per heavy atom. The summed E-state index contributed by atoms with van der Waals surface area (Å²) in [6, 6.07) is 10.0. The van der Waals surface area contributed by atoms with Crippen LogP contribution in [0.5, 0.6) is 0 Å². The van der Waals surface area contributed by atoms with Gasteiger partial charge in [0.05, 0.1) is 11.8 Å². The number of carbonyl (C=O) groups is 1. The molecule has 1 aromatic heterocycles. The molecule has 0 spiro atoms. The third-order valence-electron chi connectivity index (χ3n) is 3.60. The van der Waals surface area contributed by atoms with Gasteiger partial charge in [-0.3, -0.25) is 4.79 Å². The fourth-order valence-corrected chi connectivity index (χ4v) is 3.43. The van der Waals surface area contributed by atoms with Crippen molar-refractivity contribution in [1.82, 2.24) is 15.1 Å². The normalized spacial score (nSPS) is 11.0. The van der Waals surface area contributed by atoms with Crippen LogP contribution >= 0.6 is 23.1 Å². The van der Waals surface area contributed by atoms with Crippen molar-refractivity contribution in [2.75, 3.05) is 18.1 Å². The van der Waals surface area contributed by atoms with Crippen molar-refractivity contribution >= 4 is 39.8 Å². The van der Waals surface area contributed by atoms with Crippen molar-refractivity contribution in [3.05, 3.63) is 29.8 Å². The summed E-state index contributed by atoms with van der Waals surface area (Å²) in [6.07, 6.45) is 0. The molecule has 1 heterocycles. The Labute approximate surface area is 149 Å². The van der Waals surface area contributed by atoms with E-state index in [4.69, 9.17) is 5.26 Å². The molecule has 0 bridgehead atoms. The highest BCUT2D eigenvalue weighted by atomic mass is 32.2. The van der Waals surface area contributed by atoms with Gasteiger partial charge in [-0.15, -0.1) is 10.2 Å². The van der Waals surface area contributed by atoms with Gasteiger partial charge < -0.3 is 10.2 Å². The summed E-state index contributed by atoms with van der Waals surface area (Å²) >= 11 is 2.72. The molecule has 0 aliphatic carbocycles. The highest BCUT2D eigenvalue weighted by Gasteiger charge is 2.27. The number of para-hydroxylation sites is 1.